The lowest BCUT2D eigenvalue weighted by atomic mass is 9.88. The molecule has 0 radical (unpaired) electrons. The lowest BCUT2D eigenvalue weighted by Gasteiger charge is -2.21. The van der Waals surface area contributed by atoms with Crippen LogP contribution in [0.5, 0.6) is 11.5 Å². The average Bonchev–Trinajstić information content (AvgIpc) is 1.33. The van der Waals surface area contributed by atoms with E-state index in [-0.39, 0.29) is 33.4 Å². The molecule has 0 aliphatic carbocycles. The van der Waals surface area contributed by atoms with Crippen molar-refractivity contribution in [2.24, 2.45) is 0 Å². The summed E-state index contributed by atoms with van der Waals surface area (Å²) in [6.45, 7) is 6.55. The van der Waals surface area contributed by atoms with Gasteiger partial charge in [-0.05, 0) is 118 Å². The minimum atomic E-state index is -0.591. The van der Waals surface area contributed by atoms with E-state index < -0.39 is 60.4 Å². The third kappa shape index (κ3) is 7.56. The van der Waals surface area contributed by atoms with E-state index in [0.717, 1.165) is 60.7 Å². The van der Waals surface area contributed by atoms with Crippen molar-refractivity contribution in [1.82, 2.24) is 18.7 Å². The Hall–Kier alpha value is -9.78. The number of pyridine rings is 1. The number of aromatic nitrogens is 5. The molecule has 6 heteroatoms. The lowest BCUT2D eigenvalue weighted by Crippen LogP contribution is -2.31. The number of fused-ring (bicyclic) bond motifs is 7. The zero-order valence-corrected chi connectivity index (χ0v) is 41.6. The molecular formula is C70H51N5O. The second-order valence-electron chi connectivity index (χ2n) is 19.9. The van der Waals surface area contributed by atoms with E-state index in [2.05, 4.69) is 78.7 Å². The Morgan fingerprint density at radius 2 is 1.04 bits per heavy atom. The molecule has 10 aromatic carbocycles. The highest BCUT2D eigenvalue weighted by molar-refractivity contribution is 6.11. The van der Waals surface area contributed by atoms with Crippen LogP contribution in [0, 0.1) is 6.33 Å². The van der Waals surface area contributed by atoms with Crippen molar-refractivity contribution in [1.29, 1.82) is 0 Å². The Morgan fingerprint density at radius 3 is 1.70 bits per heavy atom. The SMILES string of the molecule is [2H]c1c([2H])c([2H])c(-c2cc(-c3ccccc3-n3c4ccccc4c4ccccc43)cc(-c3c([2H])c([2H])c([2H])c([2H])c3[2H])c2-[n+]2[c-]n(-c3cccc(Oc4ccc5c6ccccc6n(-c6cc(C(C)(C)C)ccn6)c5c4)c3)c3ccccc32)c([2H])c1[2H]. The number of ether oxygens (including phenoxy) is 1. The summed E-state index contributed by atoms with van der Waals surface area (Å²) in [6.07, 6.45) is 5.41. The van der Waals surface area contributed by atoms with Crippen LogP contribution < -0.4 is 9.30 Å². The number of hydrogen-bond acceptors (Lipinski definition) is 2. The number of imidazole rings is 1. The van der Waals surface area contributed by atoms with Gasteiger partial charge in [-0.25, -0.2) is 4.98 Å². The van der Waals surface area contributed by atoms with Gasteiger partial charge < -0.3 is 9.30 Å². The van der Waals surface area contributed by atoms with Crippen molar-refractivity contribution < 1.29 is 23.0 Å². The zero-order valence-electron chi connectivity index (χ0n) is 51.6. The maximum atomic E-state index is 9.60. The minimum Gasteiger partial charge on any atom is -0.458 e. The van der Waals surface area contributed by atoms with E-state index in [4.69, 9.17) is 17.9 Å². The Balaban J connectivity index is 1.00. The van der Waals surface area contributed by atoms with Crippen LogP contribution in [0.2, 0.25) is 0 Å². The third-order valence-corrected chi connectivity index (χ3v) is 14.3. The van der Waals surface area contributed by atoms with Crippen molar-refractivity contribution >= 4 is 54.6 Å². The predicted molar refractivity (Wildman–Crippen MR) is 312 cm³/mol. The van der Waals surface area contributed by atoms with Gasteiger partial charge in [-0.15, -0.1) is 0 Å². The summed E-state index contributed by atoms with van der Waals surface area (Å²) in [5.41, 5.74) is 8.46. The first-order chi connectivity index (χ1) is 41.5. The molecule has 362 valence electrons. The van der Waals surface area contributed by atoms with E-state index in [1.54, 1.807) is 16.7 Å². The molecule has 0 saturated heterocycles. The van der Waals surface area contributed by atoms with E-state index in [1.165, 1.54) is 0 Å². The van der Waals surface area contributed by atoms with E-state index >= 15 is 0 Å². The Morgan fingerprint density at radius 1 is 0.474 bits per heavy atom. The molecule has 0 aliphatic rings. The standard InChI is InChI=1S/C70H51N5O/c1-70(2,3)50-39-40-71-68(43-50)75-64-34-17-13-30-57(64)58-38-37-53(45-67(58)75)76-52-26-20-25-51(44-52)72-46-73(66-36-19-18-35-65(66)72)69-59(47-21-6-4-7-22-47)41-49(42-60(69)48-23-8-5-9-24-48)54-27-10-14-31-61(54)74-62-32-15-11-28-55(62)56-29-12-16-33-63(56)74/h4-45H,1-3H3/i4D,5D,6D,7D,8D,9D,21D,22D,23D,24D. The molecule has 14 rings (SSSR count). The molecule has 0 aliphatic heterocycles. The quantitative estimate of drug-likeness (QED) is 0.107. The van der Waals surface area contributed by atoms with Gasteiger partial charge in [0.25, 0.3) is 6.33 Å². The number of para-hydroxylation sites is 6. The highest BCUT2D eigenvalue weighted by atomic mass is 16.5. The molecule has 0 amide bonds. The van der Waals surface area contributed by atoms with Crippen LogP contribution in [0.3, 0.4) is 0 Å². The topological polar surface area (TPSA) is 40.8 Å². The summed E-state index contributed by atoms with van der Waals surface area (Å²) < 4.78 is 107. The first-order valence-electron chi connectivity index (χ1n) is 30.1. The molecular weight excluding hydrogens is 927 g/mol. The first kappa shape index (κ1) is 35.4. The molecule has 0 saturated carbocycles. The molecule has 0 fully saturated rings. The number of rotatable bonds is 9. The van der Waals surface area contributed by atoms with Gasteiger partial charge >= 0.3 is 0 Å². The molecule has 0 N–H and O–H groups in total. The summed E-state index contributed by atoms with van der Waals surface area (Å²) in [7, 11) is 0. The van der Waals surface area contributed by atoms with Crippen molar-refractivity contribution in [3.63, 3.8) is 0 Å². The maximum Gasteiger partial charge on any atom is 0.269 e. The first-order valence-corrected chi connectivity index (χ1v) is 25.1. The van der Waals surface area contributed by atoms with Gasteiger partial charge in [-0.2, -0.15) is 0 Å². The summed E-state index contributed by atoms with van der Waals surface area (Å²) in [5, 5.41) is 4.15. The second-order valence-corrected chi connectivity index (χ2v) is 19.9. The van der Waals surface area contributed by atoms with Crippen LogP contribution in [0.15, 0.2) is 255 Å². The molecule has 0 bridgehead atoms. The van der Waals surface area contributed by atoms with Gasteiger partial charge in [-0.1, -0.05) is 184 Å². The number of nitrogens with zero attached hydrogens (tertiary/aromatic N) is 5. The largest absolute Gasteiger partial charge is 0.458 e. The van der Waals surface area contributed by atoms with E-state index in [1.807, 2.05) is 144 Å². The molecule has 4 heterocycles. The van der Waals surface area contributed by atoms with Crippen molar-refractivity contribution in [3.8, 4) is 67.8 Å². The fraction of sp³-hybridized carbons (Fsp3) is 0.0571. The maximum absolute atomic E-state index is 9.60. The van der Waals surface area contributed by atoms with Crippen molar-refractivity contribution in [2.75, 3.05) is 0 Å². The normalized spacial score (nSPS) is 13.7. The zero-order chi connectivity index (χ0) is 59.6. The van der Waals surface area contributed by atoms with E-state index in [0.29, 0.717) is 39.3 Å². The Labute approximate surface area is 455 Å². The fourth-order valence-electron chi connectivity index (χ4n) is 10.8. The summed E-state index contributed by atoms with van der Waals surface area (Å²) in [6, 6.07) is 55.4. The van der Waals surface area contributed by atoms with Crippen LogP contribution in [0.25, 0.3) is 111 Å². The monoisotopic (exact) mass is 987 g/mol. The summed E-state index contributed by atoms with van der Waals surface area (Å²) >= 11 is 0. The lowest BCUT2D eigenvalue weighted by molar-refractivity contribution is -0.571. The summed E-state index contributed by atoms with van der Waals surface area (Å²) in [5.74, 6) is 1.86. The van der Waals surface area contributed by atoms with Gasteiger partial charge in [0.15, 0.2) is 0 Å². The molecule has 0 unspecified atom stereocenters. The van der Waals surface area contributed by atoms with Crippen LogP contribution in [-0.4, -0.2) is 18.7 Å². The van der Waals surface area contributed by atoms with Crippen molar-refractivity contribution in [3.05, 3.63) is 267 Å². The molecule has 4 aromatic heterocycles. The number of hydrogen-bond donors (Lipinski definition) is 0. The summed E-state index contributed by atoms with van der Waals surface area (Å²) in [4.78, 5) is 4.86. The third-order valence-electron chi connectivity index (χ3n) is 14.3. The van der Waals surface area contributed by atoms with E-state index in [9.17, 15) is 5.48 Å². The molecule has 0 atom stereocenters. The highest BCUT2D eigenvalue weighted by Gasteiger charge is 2.24. The van der Waals surface area contributed by atoms with Crippen LogP contribution in [-0.2, 0) is 5.41 Å². The molecule has 6 nitrogen and oxygen atoms in total. The van der Waals surface area contributed by atoms with Gasteiger partial charge in [0.2, 0.25) is 0 Å². The minimum absolute atomic E-state index is 0.107. The van der Waals surface area contributed by atoms with Crippen LogP contribution in [0.4, 0.5) is 0 Å². The fourth-order valence-corrected chi connectivity index (χ4v) is 10.8. The van der Waals surface area contributed by atoms with Gasteiger partial charge in [0, 0.05) is 39.4 Å². The van der Waals surface area contributed by atoms with Crippen molar-refractivity contribution in [2.45, 2.75) is 26.2 Å². The highest BCUT2D eigenvalue weighted by Crippen LogP contribution is 2.43. The molecule has 0 spiro atoms. The second kappa shape index (κ2) is 18.0. The predicted octanol–water partition coefficient (Wildman–Crippen LogP) is 17.4. The molecule has 14 aromatic rings. The number of benzene rings is 10. The Bertz CT molecular complexity index is 4970. The van der Waals surface area contributed by atoms with Crippen LogP contribution in [0.1, 0.15) is 40.0 Å². The van der Waals surface area contributed by atoms with Gasteiger partial charge in [-0.3, -0.25) is 13.7 Å². The smallest absolute Gasteiger partial charge is 0.269 e. The van der Waals surface area contributed by atoms with Crippen LogP contribution >= 0.6 is 0 Å². The molecule has 76 heavy (non-hydrogen) atoms. The average molecular weight is 988 g/mol. The van der Waals surface area contributed by atoms with Gasteiger partial charge in [0.1, 0.15) is 17.3 Å². The Kier molecular flexibility index (Phi) is 8.38. The van der Waals surface area contributed by atoms with Gasteiger partial charge in [0.05, 0.1) is 63.9 Å².